The first-order valence-corrected chi connectivity index (χ1v) is 6.67. The average molecular weight is 263 g/mol. The summed E-state index contributed by atoms with van der Waals surface area (Å²) in [6.07, 6.45) is 3.16. The van der Waals surface area contributed by atoms with Crippen LogP contribution < -0.4 is 16.2 Å². The minimum atomic E-state index is -0.498. The Kier molecular flexibility index (Phi) is 4.04. The lowest BCUT2D eigenvalue weighted by atomic mass is 10.1. The van der Waals surface area contributed by atoms with Gasteiger partial charge in [0.1, 0.15) is 11.7 Å². The van der Waals surface area contributed by atoms with Crippen LogP contribution in [0.3, 0.4) is 0 Å². The number of carbonyl (C=O) groups excluding carboxylic acids is 1. The highest BCUT2D eigenvalue weighted by atomic mass is 16.5. The van der Waals surface area contributed by atoms with Crippen LogP contribution in [0.15, 0.2) is 6.07 Å². The molecule has 0 spiro atoms. The molecule has 1 heterocycles. The van der Waals surface area contributed by atoms with E-state index >= 15 is 0 Å². The molecule has 0 aliphatic heterocycles. The summed E-state index contributed by atoms with van der Waals surface area (Å²) in [4.78, 5) is 15.9. The van der Waals surface area contributed by atoms with Crippen LogP contribution >= 0.6 is 0 Å². The highest BCUT2D eigenvalue weighted by Crippen LogP contribution is 2.30. The fourth-order valence-electron chi connectivity index (χ4n) is 2.76. The van der Waals surface area contributed by atoms with Crippen LogP contribution in [0, 0.1) is 19.8 Å². The Morgan fingerprint density at radius 2 is 2.21 bits per heavy atom. The van der Waals surface area contributed by atoms with Gasteiger partial charge >= 0.3 is 0 Å². The maximum Gasteiger partial charge on any atom is 0.254 e. The van der Waals surface area contributed by atoms with Crippen LogP contribution in [0.5, 0.6) is 5.88 Å². The number of carbonyl (C=O) groups is 1. The first-order valence-electron chi connectivity index (χ1n) is 6.67. The number of primary amides is 1. The molecule has 19 heavy (non-hydrogen) atoms. The van der Waals surface area contributed by atoms with Crippen molar-refractivity contribution in [3.63, 3.8) is 0 Å². The van der Waals surface area contributed by atoms with Crippen LogP contribution in [-0.4, -0.2) is 23.5 Å². The van der Waals surface area contributed by atoms with Gasteiger partial charge in [0.05, 0.1) is 0 Å². The number of pyridine rings is 1. The van der Waals surface area contributed by atoms with E-state index in [0.717, 1.165) is 30.5 Å². The van der Waals surface area contributed by atoms with Gasteiger partial charge in [0.25, 0.3) is 5.91 Å². The topological polar surface area (TPSA) is 91.2 Å². The first-order chi connectivity index (χ1) is 9.02. The summed E-state index contributed by atoms with van der Waals surface area (Å²) in [6.45, 7) is 4.32. The monoisotopic (exact) mass is 263 g/mol. The van der Waals surface area contributed by atoms with Crippen LogP contribution in [0.25, 0.3) is 0 Å². The van der Waals surface area contributed by atoms with Gasteiger partial charge in [0, 0.05) is 11.6 Å². The van der Waals surface area contributed by atoms with Gasteiger partial charge in [0.15, 0.2) is 0 Å². The van der Waals surface area contributed by atoms with Crippen LogP contribution in [0.2, 0.25) is 0 Å². The number of hydrogen-bond donors (Lipinski definition) is 2. The summed E-state index contributed by atoms with van der Waals surface area (Å²) >= 11 is 0. The molecule has 4 N–H and O–H groups in total. The number of hydrogen-bond acceptors (Lipinski definition) is 4. The molecule has 1 aromatic rings. The molecule has 5 nitrogen and oxygen atoms in total. The molecule has 0 saturated heterocycles. The molecular weight excluding hydrogens is 242 g/mol. The Morgan fingerprint density at radius 3 is 2.84 bits per heavy atom. The van der Waals surface area contributed by atoms with Gasteiger partial charge in [-0.1, -0.05) is 0 Å². The quantitative estimate of drug-likeness (QED) is 0.856. The SMILES string of the molecule is Cc1cc(C)c(C(N)=O)c(OC2CCCC2CN)n1. The van der Waals surface area contributed by atoms with Crippen LogP contribution in [-0.2, 0) is 0 Å². The standard InChI is InChI=1S/C14H21N3O2/c1-8-6-9(2)17-14(12(8)13(16)18)19-11-5-3-4-10(11)7-15/h6,10-11H,3-5,7,15H2,1-2H3,(H2,16,18). The zero-order valence-electron chi connectivity index (χ0n) is 11.5. The molecule has 2 unspecified atom stereocenters. The van der Waals surface area contributed by atoms with E-state index in [-0.39, 0.29) is 6.10 Å². The Labute approximate surface area is 113 Å². The zero-order valence-corrected chi connectivity index (χ0v) is 11.5. The normalized spacial score (nSPS) is 22.5. The highest BCUT2D eigenvalue weighted by molar-refractivity contribution is 5.96. The third-order valence-corrected chi connectivity index (χ3v) is 3.71. The van der Waals surface area contributed by atoms with E-state index in [2.05, 4.69) is 4.98 Å². The van der Waals surface area contributed by atoms with Crippen molar-refractivity contribution in [1.82, 2.24) is 4.98 Å². The molecular formula is C14H21N3O2. The summed E-state index contributed by atoms with van der Waals surface area (Å²) in [6, 6.07) is 1.84. The molecule has 1 aromatic heterocycles. The molecule has 1 saturated carbocycles. The van der Waals surface area contributed by atoms with Gasteiger partial charge < -0.3 is 16.2 Å². The Hall–Kier alpha value is -1.62. The zero-order chi connectivity index (χ0) is 14.0. The van der Waals surface area contributed by atoms with E-state index in [9.17, 15) is 4.79 Å². The first kappa shape index (κ1) is 13.8. The van der Waals surface area contributed by atoms with Gasteiger partial charge in [-0.15, -0.1) is 0 Å². The lowest BCUT2D eigenvalue weighted by molar-refractivity contribution is 0.0985. The molecule has 1 amide bonds. The minimum absolute atomic E-state index is 0.0387. The molecule has 0 bridgehead atoms. The maximum absolute atomic E-state index is 11.6. The van der Waals surface area contributed by atoms with E-state index in [0.29, 0.717) is 23.9 Å². The fraction of sp³-hybridized carbons (Fsp3) is 0.571. The molecule has 0 radical (unpaired) electrons. The van der Waals surface area contributed by atoms with Crippen molar-refractivity contribution in [2.45, 2.75) is 39.2 Å². The Balaban J connectivity index is 2.31. The van der Waals surface area contributed by atoms with Crippen molar-refractivity contribution in [1.29, 1.82) is 0 Å². The van der Waals surface area contributed by atoms with Crippen molar-refractivity contribution >= 4 is 5.91 Å². The lowest BCUT2D eigenvalue weighted by Crippen LogP contribution is -2.29. The second kappa shape index (κ2) is 5.57. The Morgan fingerprint density at radius 1 is 1.47 bits per heavy atom. The van der Waals surface area contributed by atoms with E-state index in [1.165, 1.54) is 0 Å². The van der Waals surface area contributed by atoms with E-state index in [4.69, 9.17) is 16.2 Å². The summed E-state index contributed by atoms with van der Waals surface area (Å²) in [5, 5.41) is 0. The van der Waals surface area contributed by atoms with Crippen molar-refractivity contribution < 1.29 is 9.53 Å². The van der Waals surface area contributed by atoms with Gasteiger partial charge in [-0.25, -0.2) is 4.98 Å². The Bertz CT molecular complexity index is 488. The smallest absolute Gasteiger partial charge is 0.254 e. The summed E-state index contributed by atoms with van der Waals surface area (Å²) in [5.41, 5.74) is 13.2. The molecule has 1 aliphatic rings. The van der Waals surface area contributed by atoms with Crippen molar-refractivity contribution in [3.8, 4) is 5.88 Å². The molecule has 1 fully saturated rings. The predicted octanol–water partition coefficient (Wildman–Crippen LogP) is 1.30. The second-order valence-electron chi connectivity index (χ2n) is 5.21. The molecule has 1 aliphatic carbocycles. The molecule has 104 valence electrons. The van der Waals surface area contributed by atoms with Crippen molar-refractivity contribution in [3.05, 3.63) is 22.9 Å². The van der Waals surface area contributed by atoms with Crippen molar-refractivity contribution in [2.75, 3.05) is 6.54 Å². The molecule has 0 aromatic carbocycles. The van der Waals surface area contributed by atoms with Gasteiger partial charge in [-0.3, -0.25) is 4.79 Å². The summed E-state index contributed by atoms with van der Waals surface area (Å²) in [5.74, 6) is 0.195. The highest BCUT2D eigenvalue weighted by Gasteiger charge is 2.29. The maximum atomic E-state index is 11.6. The van der Waals surface area contributed by atoms with Crippen LogP contribution in [0.4, 0.5) is 0 Å². The summed E-state index contributed by atoms with van der Waals surface area (Å²) in [7, 11) is 0. The van der Waals surface area contributed by atoms with Crippen LogP contribution in [0.1, 0.15) is 40.9 Å². The number of amides is 1. The largest absolute Gasteiger partial charge is 0.473 e. The van der Waals surface area contributed by atoms with Gasteiger partial charge in [-0.2, -0.15) is 0 Å². The molecule has 5 heteroatoms. The third-order valence-electron chi connectivity index (χ3n) is 3.71. The minimum Gasteiger partial charge on any atom is -0.473 e. The number of nitrogens with zero attached hydrogens (tertiary/aromatic N) is 1. The molecule has 2 atom stereocenters. The molecule has 2 rings (SSSR count). The lowest BCUT2D eigenvalue weighted by Gasteiger charge is -2.21. The van der Waals surface area contributed by atoms with Gasteiger partial charge in [0.2, 0.25) is 5.88 Å². The number of aryl methyl sites for hydroxylation is 2. The number of nitrogens with two attached hydrogens (primary N) is 2. The van der Waals surface area contributed by atoms with E-state index < -0.39 is 5.91 Å². The van der Waals surface area contributed by atoms with Crippen molar-refractivity contribution in [2.24, 2.45) is 17.4 Å². The predicted molar refractivity (Wildman–Crippen MR) is 73.0 cm³/mol. The summed E-state index contributed by atoms with van der Waals surface area (Å²) < 4.78 is 5.94. The number of ether oxygens (including phenoxy) is 1. The third kappa shape index (κ3) is 2.87. The van der Waals surface area contributed by atoms with E-state index in [1.807, 2.05) is 19.9 Å². The number of rotatable bonds is 4. The van der Waals surface area contributed by atoms with E-state index in [1.54, 1.807) is 0 Å². The van der Waals surface area contributed by atoms with Gasteiger partial charge in [-0.05, 0) is 51.3 Å². The second-order valence-corrected chi connectivity index (χ2v) is 5.21. The fourth-order valence-corrected chi connectivity index (χ4v) is 2.76. The average Bonchev–Trinajstić information content (AvgIpc) is 2.74. The number of aromatic nitrogens is 1.